The summed E-state index contributed by atoms with van der Waals surface area (Å²) in [5, 5.41) is 3.40. The Morgan fingerprint density at radius 1 is 1.02 bits per heavy atom. The fourth-order valence-electron chi connectivity index (χ4n) is 5.30. The van der Waals surface area contributed by atoms with E-state index in [0.29, 0.717) is 16.8 Å². The molecule has 3 heterocycles. The number of carbonyl (C=O) groups excluding carboxylic acids is 1. The molecule has 0 saturated carbocycles. The molecule has 1 amide bonds. The number of sulfonamides is 1. The molecule has 2 unspecified atom stereocenters. The summed E-state index contributed by atoms with van der Waals surface area (Å²) in [5.74, 6) is -1.87. The summed E-state index contributed by atoms with van der Waals surface area (Å²) in [6, 6.07) is 9.71. The lowest BCUT2D eigenvalue weighted by molar-refractivity contribution is -0.129. The third-order valence-corrected chi connectivity index (χ3v) is 8.75. The molecule has 11 nitrogen and oxygen atoms in total. The Bertz CT molecular complexity index is 1990. The molecule has 0 radical (unpaired) electrons. The Morgan fingerprint density at radius 3 is 2.48 bits per heavy atom. The Labute approximate surface area is 285 Å². The molecule has 1 saturated heterocycles. The summed E-state index contributed by atoms with van der Waals surface area (Å²) < 4.78 is 106. The number of nitrogens with one attached hydrogen (secondary N) is 2. The van der Waals surface area contributed by atoms with Crippen LogP contribution in [-0.2, 0) is 14.8 Å². The zero-order chi connectivity index (χ0) is 36.4. The van der Waals surface area contributed by atoms with Crippen molar-refractivity contribution in [1.82, 2.24) is 19.9 Å². The second-order valence-electron chi connectivity index (χ2n) is 12.8. The summed E-state index contributed by atoms with van der Waals surface area (Å²) in [4.78, 5) is 27.1. The molecular formula is C33H35F5N6O5S. The number of fused-ring (bicyclic) bond motifs is 1. The van der Waals surface area contributed by atoms with Gasteiger partial charge in [0.05, 0.1) is 35.7 Å². The molecule has 50 heavy (non-hydrogen) atoms. The van der Waals surface area contributed by atoms with Crippen LogP contribution in [0.15, 0.2) is 54.9 Å². The highest BCUT2D eigenvalue weighted by atomic mass is 32.2. The number of aromatic nitrogens is 3. The quantitative estimate of drug-likeness (QED) is 0.170. The highest BCUT2D eigenvalue weighted by Crippen LogP contribution is 2.40. The topological polar surface area (TPSA) is 136 Å². The number of piperidine rings is 1. The molecule has 2 atom stereocenters. The van der Waals surface area contributed by atoms with Gasteiger partial charge in [0.1, 0.15) is 23.3 Å². The zero-order valence-corrected chi connectivity index (χ0v) is 28.3. The summed E-state index contributed by atoms with van der Waals surface area (Å²) in [6.07, 6.45) is -5.21. The Hall–Kier alpha value is -4.80. The molecule has 1 aliphatic heterocycles. The normalized spacial score (nSPS) is 17.0. The van der Waals surface area contributed by atoms with E-state index in [2.05, 4.69) is 20.3 Å². The molecule has 17 heteroatoms. The van der Waals surface area contributed by atoms with Gasteiger partial charge in [-0.3, -0.25) is 4.72 Å². The Kier molecular flexibility index (Phi) is 10.4. The van der Waals surface area contributed by atoms with Crippen LogP contribution in [0, 0.1) is 12.7 Å². The second-order valence-corrected chi connectivity index (χ2v) is 14.6. The zero-order valence-electron chi connectivity index (χ0n) is 27.5. The van der Waals surface area contributed by atoms with E-state index in [1.807, 2.05) is 4.72 Å². The summed E-state index contributed by atoms with van der Waals surface area (Å²) >= 11 is 0. The van der Waals surface area contributed by atoms with Gasteiger partial charge in [0.2, 0.25) is 21.9 Å². The number of carbonyl (C=O) groups is 1. The molecular weight excluding hydrogens is 687 g/mol. The fraction of sp³-hybridized carbons (Fsp3) is 0.394. The lowest BCUT2D eigenvalue weighted by Crippen LogP contribution is -2.51. The van der Waals surface area contributed by atoms with Crippen molar-refractivity contribution in [3.8, 4) is 22.9 Å². The van der Waals surface area contributed by atoms with Crippen LogP contribution >= 0.6 is 0 Å². The van der Waals surface area contributed by atoms with Gasteiger partial charge >= 0.3 is 12.3 Å². The van der Waals surface area contributed by atoms with Gasteiger partial charge in [0.25, 0.3) is 0 Å². The first-order chi connectivity index (χ1) is 23.4. The van der Waals surface area contributed by atoms with E-state index < -0.39 is 63.8 Å². The van der Waals surface area contributed by atoms with Crippen molar-refractivity contribution in [2.24, 2.45) is 0 Å². The molecule has 1 fully saturated rings. The number of anilines is 2. The van der Waals surface area contributed by atoms with E-state index in [9.17, 15) is 35.2 Å². The van der Waals surface area contributed by atoms with Gasteiger partial charge in [-0.1, -0.05) is 12.1 Å². The number of nitrogens with zero attached hydrogens (tertiary/aromatic N) is 4. The highest BCUT2D eigenvalue weighted by Gasteiger charge is 2.33. The van der Waals surface area contributed by atoms with E-state index in [0.717, 1.165) is 6.07 Å². The highest BCUT2D eigenvalue weighted by molar-refractivity contribution is 7.92. The lowest BCUT2D eigenvalue weighted by Gasteiger charge is -2.36. The van der Waals surface area contributed by atoms with Crippen molar-refractivity contribution in [2.75, 3.05) is 28.9 Å². The average Bonchev–Trinajstić information content (AvgIpc) is 3.02. The number of pyridine rings is 1. The maximum Gasteiger partial charge on any atom is 0.410 e. The number of hydrogen-bond donors (Lipinski definition) is 2. The Balaban J connectivity index is 1.41. The molecule has 0 spiro atoms. The van der Waals surface area contributed by atoms with Gasteiger partial charge in [0, 0.05) is 42.2 Å². The van der Waals surface area contributed by atoms with E-state index in [-0.39, 0.29) is 47.9 Å². The molecule has 2 aromatic carbocycles. The van der Waals surface area contributed by atoms with Crippen molar-refractivity contribution < 1.29 is 44.6 Å². The average molecular weight is 723 g/mol. The number of hydrogen-bond acceptors (Lipinski definition) is 9. The van der Waals surface area contributed by atoms with E-state index >= 15 is 0 Å². The SMILES string of the molecule is Cc1ccc2c(NS(=O)(=O)CCC(F)(F)F)c(F)ccc2c1Oc1ncccc1-c1ccnc(NC2CC(F)CN(C(=O)OC(C)(C)C)C2)n1. The maximum atomic E-state index is 15.0. The minimum Gasteiger partial charge on any atom is -0.444 e. The third-order valence-electron chi connectivity index (χ3n) is 7.50. The predicted octanol–water partition coefficient (Wildman–Crippen LogP) is 7.39. The predicted molar refractivity (Wildman–Crippen MR) is 177 cm³/mol. The van der Waals surface area contributed by atoms with Crippen LogP contribution in [0.5, 0.6) is 11.6 Å². The molecule has 268 valence electrons. The second kappa shape index (κ2) is 14.2. The molecule has 5 rings (SSSR count). The maximum absolute atomic E-state index is 15.0. The van der Waals surface area contributed by atoms with Crippen LogP contribution in [0.1, 0.15) is 39.2 Å². The van der Waals surface area contributed by atoms with Gasteiger partial charge < -0.3 is 19.7 Å². The van der Waals surface area contributed by atoms with Crippen molar-refractivity contribution in [3.63, 3.8) is 0 Å². The monoisotopic (exact) mass is 722 g/mol. The van der Waals surface area contributed by atoms with Crippen molar-refractivity contribution >= 4 is 38.5 Å². The summed E-state index contributed by atoms with van der Waals surface area (Å²) in [5.41, 5.74) is 0.0657. The van der Waals surface area contributed by atoms with Gasteiger partial charge in [-0.05, 0) is 63.6 Å². The van der Waals surface area contributed by atoms with Crippen molar-refractivity contribution in [2.45, 2.75) is 64.5 Å². The van der Waals surface area contributed by atoms with Gasteiger partial charge in [-0.25, -0.2) is 36.9 Å². The minimum absolute atomic E-state index is 0.0475. The lowest BCUT2D eigenvalue weighted by atomic mass is 10.0. The standard InChI is InChI=1S/C33H35F5N6O5S/c1-19-7-8-22-23(9-10-25(35)27(22)43-50(46,47)15-12-33(36,37)38)28(19)48-29-24(6-5-13-39-29)26-11-14-40-30(42-26)41-21-16-20(34)17-44(18-21)31(45)49-32(2,3)4/h5-11,13-14,20-21,43H,12,15-18H2,1-4H3,(H,40,41,42). The number of alkyl halides is 4. The molecule has 0 bridgehead atoms. The van der Waals surface area contributed by atoms with Gasteiger partial charge in [-0.15, -0.1) is 0 Å². The minimum atomic E-state index is -4.72. The summed E-state index contributed by atoms with van der Waals surface area (Å²) in [6.45, 7) is 6.93. The smallest absolute Gasteiger partial charge is 0.410 e. The molecule has 2 N–H and O–H groups in total. The van der Waals surface area contributed by atoms with Crippen LogP contribution in [-0.4, -0.2) is 77.2 Å². The molecule has 2 aromatic heterocycles. The number of aryl methyl sites for hydroxylation is 1. The van der Waals surface area contributed by atoms with Crippen LogP contribution in [0.25, 0.3) is 22.0 Å². The van der Waals surface area contributed by atoms with Crippen LogP contribution in [0.2, 0.25) is 0 Å². The van der Waals surface area contributed by atoms with E-state index in [4.69, 9.17) is 9.47 Å². The first-order valence-corrected chi connectivity index (χ1v) is 17.2. The van der Waals surface area contributed by atoms with Crippen LogP contribution in [0.3, 0.4) is 0 Å². The summed E-state index contributed by atoms with van der Waals surface area (Å²) in [7, 11) is -4.57. The van der Waals surface area contributed by atoms with Crippen LogP contribution in [0.4, 0.5) is 38.4 Å². The third kappa shape index (κ3) is 9.25. The van der Waals surface area contributed by atoms with E-state index in [1.165, 1.54) is 29.4 Å². The van der Waals surface area contributed by atoms with Crippen LogP contribution < -0.4 is 14.8 Å². The molecule has 1 aliphatic rings. The number of benzene rings is 2. The molecule has 0 aliphatic carbocycles. The van der Waals surface area contributed by atoms with Gasteiger partial charge in [-0.2, -0.15) is 13.2 Å². The van der Waals surface area contributed by atoms with Crippen molar-refractivity contribution in [1.29, 1.82) is 0 Å². The van der Waals surface area contributed by atoms with Gasteiger partial charge in [0.15, 0.2) is 0 Å². The number of halogens is 5. The number of ether oxygens (including phenoxy) is 2. The van der Waals surface area contributed by atoms with Crippen molar-refractivity contribution in [3.05, 3.63) is 66.2 Å². The fourth-order valence-corrected chi connectivity index (χ4v) is 6.42. The van der Waals surface area contributed by atoms with E-state index in [1.54, 1.807) is 52.0 Å². The Morgan fingerprint density at radius 2 is 1.76 bits per heavy atom. The largest absolute Gasteiger partial charge is 0.444 e. The number of likely N-dealkylation sites (tertiary alicyclic amines) is 1. The first-order valence-electron chi connectivity index (χ1n) is 15.5. The number of rotatable bonds is 9. The number of amides is 1. The molecule has 4 aromatic rings. The first kappa shape index (κ1) is 36.5.